The van der Waals surface area contributed by atoms with E-state index in [0.717, 1.165) is 18.7 Å². The fourth-order valence-electron chi connectivity index (χ4n) is 3.56. The van der Waals surface area contributed by atoms with Gasteiger partial charge in [0.05, 0.1) is 12.2 Å². The number of carbonyl (C=O) groups excluding carboxylic acids is 2. The minimum atomic E-state index is -0.150. The molecule has 1 fully saturated rings. The Labute approximate surface area is 165 Å². The van der Waals surface area contributed by atoms with Gasteiger partial charge in [-0.1, -0.05) is 35.5 Å². The Kier molecular flexibility index (Phi) is 6.41. The maximum atomic E-state index is 13.1. The number of hydrogen-bond acceptors (Lipinski definition) is 5. The van der Waals surface area contributed by atoms with Gasteiger partial charge in [-0.05, 0) is 26.5 Å². The van der Waals surface area contributed by atoms with Gasteiger partial charge >= 0.3 is 0 Å². The van der Waals surface area contributed by atoms with Crippen molar-refractivity contribution in [3.8, 4) is 0 Å². The summed E-state index contributed by atoms with van der Waals surface area (Å²) < 4.78 is 1.45. The summed E-state index contributed by atoms with van der Waals surface area (Å²) in [5, 5.41) is 8.04. The van der Waals surface area contributed by atoms with Crippen molar-refractivity contribution in [1.29, 1.82) is 0 Å². The summed E-state index contributed by atoms with van der Waals surface area (Å²) >= 11 is 0. The third-order valence-corrected chi connectivity index (χ3v) is 5.20. The topological polar surface area (TPSA) is 74.6 Å². The summed E-state index contributed by atoms with van der Waals surface area (Å²) in [5.41, 5.74) is 1.38. The molecule has 28 heavy (non-hydrogen) atoms. The smallest absolute Gasteiger partial charge is 0.276 e. The number of piperazine rings is 1. The number of likely N-dealkylation sites (N-methyl/N-ethyl adjacent to an activating group) is 2. The summed E-state index contributed by atoms with van der Waals surface area (Å²) in [6.07, 6.45) is 1.57. The average Bonchev–Trinajstić information content (AvgIpc) is 3.17. The zero-order chi connectivity index (χ0) is 20.1. The summed E-state index contributed by atoms with van der Waals surface area (Å²) in [6.45, 7) is 7.47. The monoisotopic (exact) mass is 384 g/mol. The normalized spacial score (nSPS) is 17.5. The highest BCUT2D eigenvalue weighted by Crippen LogP contribution is 2.26. The van der Waals surface area contributed by atoms with E-state index in [2.05, 4.69) is 22.3 Å². The van der Waals surface area contributed by atoms with E-state index in [0.29, 0.717) is 19.6 Å². The molecule has 150 valence electrons. The number of nitrogens with zero attached hydrogens (tertiary/aromatic N) is 6. The lowest BCUT2D eigenvalue weighted by Gasteiger charge is -2.40. The lowest BCUT2D eigenvalue weighted by atomic mass is 10.0. The van der Waals surface area contributed by atoms with Crippen molar-refractivity contribution in [3.05, 3.63) is 47.8 Å². The van der Waals surface area contributed by atoms with Crippen molar-refractivity contribution < 1.29 is 9.59 Å². The van der Waals surface area contributed by atoms with Crippen LogP contribution in [0.4, 0.5) is 0 Å². The minimum Gasteiger partial charge on any atom is -0.342 e. The molecule has 8 nitrogen and oxygen atoms in total. The Bertz CT molecular complexity index is 802. The molecule has 1 aliphatic heterocycles. The van der Waals surface area contributed by atoms with Crippen molar-refractivity contribution in [2.75, 3.05) is 39.8 Å². The maximum Gasteiger partial charge on any atom is 0.276 e. The summed E-state index contributed by atoms with van der Waals surface area (Å²) in [4.78, 5) is 31.2. The Balaban J connectivity index is 1.75. The molecule has 2 amide bonds. The summed E-state index contributed by atoms with van der Waals surface area (Å²) in [7, 11) is 2.06. The highest BCUT2D eigenvalue weighted by Gasteiger charge is 2.32. The van der Waals surface area contributed by atoms with Gasteiger partial charge in [0.15, 0.2) is 5.69 Å². The van der Waals surface area contributed by atoms with Crippen molar-refractivity contribution >= 4 is 11.8 Å². The van der Waals surface area contributed by atoms with Gasteiger partial charge in [0.25, 0.3) is 5.91 Å². The first kappa shape index (κ1) is 20.0. The molecular formula is C20H28N6O2. The lowest BCUT2D eigenvalue weighted by Crippen LogP contribution is -2.49. The van der Waals surface area contributed by atoms with Gasteiger partial charge in [0.2, 0.25) is 5.91 Å². The fourth-order valence-corrected chi connectivity index (χ4v) is 3.56. The fraction of sp³-hybridized carbons (Fsp3) is 0.500. The third kappa shape index (κ3) is 4.39. The van der Waals surface area contributed by atoms with Crippen molar-refractivity contribution in [1.82, 2.24) is 29.7 Å². The van der Waals surface area contributed by atoms with Crippen LogP contribution in [0.3, 0.4) is 0 Å². The first-order valence-corrected chi connectivity index (χ1v) is 9.75. The van der Waals surface area contributed by atoms with Crippen molar-refractivity contribution in [3.63, 3.8) is 0 Å². The van der Waals surface area contributed by atoms with Crippen LogP contribution in [-0.4, -0.2) is 81.3 Å². The molecule has 1 aromatic heterocycles. The number of carbonyl (C=O) groups is 2. The van der Waals surface area contributed by atoms with E-state index in [4.69, 9.17) is 0 Å². The van der Waals surface area contributed by atoms with Crippen LogP contribution < -0.4 is 0 Å². The summed E-state index contributed by atoms with van der Waals surface area (Å²) in [6, 6.07) is 10.0. The molecule has 2 aromatic rings. The van der Waals surface area contributed by atoms with Gasteiger partial charge in [-0.15, -0.1) is 5.10 Å². The molecule has 0 unspecified atom stereocenters. The van der Waals surface area contributed by atoms with Gasteiger partial charge in [-0.25, -0.2) is 4.68 Å². The molecule has 0 radical (unpaired) electrons. The van der Waals surface area contributed by atoms with Crippen molar-refractivity contribution in [2.45, 2.75) is 26.4 Å². The van der Waals surface area contributed by atoms with Crippen LogP contribution in [0.15, 0.2) is 36.5 Å². The highest BCUT2D eigenvalue weighted by molar-refractivity contribution is 5.92. The quantitative estimate of drug-likeness (QED) is 0.750. The molecule has 8 heteroatoms. The Morgan fingerprint density at radius 2 is 1.86 bits per heavy atom. The van der Waals surface area contributed by atoms with E-state index in [-0.39, 0.29) is 30.1 Å². The third-order valence-electron chi connectivity index (χ3n) is 5.20. The predicted molar refractivity (Wildman–Crippen MR) is 106 cm³/mol. The standard InChI is InChI=1S/C20H28N6O2/c1-4-24(5-2)19(27)15-25-13-17(21-22-25)20(28)26-12-11-23(3)14-18(26)16-9-7-6-8-10-16/h6-10,13,18H,4-5,11-12,14-15H2,1-3H3/t18-/m1/s1. The van der Waals surface area contributed by atoms with Crippen LogP contribution in [-0.2, 0) is 11.3 Å². The maximum absolute atomic E-state index is 13.1. The molecule has 0 aliphatic carbocycles. The second kappa shape index (κ2) is 8.97. The van der Waals surface area contributed by atoms with Gasteiger partial charge in [-0.3, -0.25) is 9.59 Å². The van der Waals surface area contributed by atoms with E-state index >= 15 is 0 Å². The molecule has 2 heterocycles. The van der Waals surface area contributed by atoms with E-state index in [1.165, 1.54) is 4.68 Å². The zero-order valence-electron chi connectivity index (χ0n) is 16.8. The van der Waals surface area contributed by atoms with Crippen LogP contribution in [0, 0.1) is 0 Å². The van der Waals surface area contributed by atoms with Crippen LogP contribution in [0.25, 0.3) is 0 Å². The van der Waals surface area contributed by atoms with Gasteiger partial charge < -0.3 is 14.7 Å². The Hall–Kier alpha value is -2.74. The minimum absolute atomic E-state index is 0.0318. The molecular weight excluding hydrogens is 356 g/mol. The van der Waals surface area contributed by atoms with E-state index < -0.39 is 0 Å². The SMILES string of the molecule is CCN(CC)C(=O)Cn1cc(C(=O)N2CCN(C)C[C@@H]2c2ccccc2)nn1. The largest absolute Gasteiger partial charge is 0.342 e. The number of hydrogen-bond donors (Lipinski definition) is 0. The molecule has 0 spiro atoms. The van der Waals surface area contributed by atoms with E-state index in [1.54, 1.807) is 11.1 Å². The first-order chi connectivity index (χ1) is 13.5. The van der Waals surface area contributed by atoms with Crippen LogP contribution in [0.5, 0.6) is 0 Å². The predicted octanol–water partition coefficient (Wildman–Crippen LogP) is 1.28. The Morgan fingerprint density at radius 3 is 2.54 bits per heavy atom. The number of rotatable bonds is 6. The molecule has 1 atom stereocenters. The molecule has 0 N–H and O–H groups in total. The number of benzene rings is 1. The summed E-state index contributed by atoms with van der Waals surface area (Å²) in [5.74, 6) is -0.181. The van der Waals surface area contributed by atoms with Gasteiger partial charge in [0, 0.05) is 32.7 Å². The second-order valence-electron chi connectivity index (χ2n) is 7.05. The Morgan fingerprint density at radius 1 is 1.14 bits per heavy atom. The molecule has 0 saturated carbocycles. The zero-order valence-corrected chi connectivity index (χ0v) is 16.8. The van der Waals surface area contributed by atoms with Crippen LogP contribution in [0.2, 0.25) is 0 Å². The average molecular weight is 384 g/mol. The second-order valence-corrected chi connectivity index (χ2v) is 7.05. The van der Waals surface area contributed by atoms with E-state index in [9.17, 15) is 9.59 Å². The van der Waals surface area contributed by atoms with E-state index in [1.807, 2.05) is 49.1 Å². The van der Waals surface area contributed by atoms with Crippen molar-refractivity contribution in [2.24, 2.45) is 0 Å². The first-order valence-electron chi connectivity index (χ1n) is 9.75. The van der Waals surface area contributed by atoms with Gasteiger partial charge in [0.1, 0.15) is 6.54 Å². The van der Waals surface area contributed by atoms with Gasteiger partial charge in [-0.2, -0.15) is 0 Å². The molecule has 1 saturated heterocycles. The number of aromatic nitrogens is 3. The molecule has 3 rings (SSSR count). The highest BCUT2D eigenvalue weighted by atomic mass is 16.2. The molecule has 1 aromatic carbocycles. The molecule has 1 aliphatic rings. The number of amides is 2. The molecule has 0 bridgehead atoms. The lowest BCUT2D eigenvalue weighted by molar-refractivity contribution is -0.131. The van der Waals surface area contributed by atoms with Crippen LogP contribution >= 0.6 is 0 Å². The van der Waals surface area contributed by atoms with Crippen LogP contribution in [0.1, 0.15) is 35.9 Å².